The normalized spacial score (nSPS) is 33.2. The minimum Gasteiger partial charge on any atom is -0.387 e. The zero-order valence-electron chi connectivity index (χ0n) is 9.02. The lowest BCUT2D eigenvalue weighted by atomic mass is 9.73. The van der Waals surface area contributed by atoms with Gasteiger partial charge in [0.05, 0.1) is 0 Å². The highest BCUT2D eigenvalue weighted by molar-refractivity contribution is 7.97. The molecule has 0 bridgehead atoms. The molecule has 2 heterocycles. The monoisotopic (exact) mass is 237 g/mol. The van der Waals surface area contributed by atoms with Crippen molar-refractivity contribution in [1.82, 2.24) is 5.32 Å². The van der Waals surface area contributed by atoms with E-state index in [4.69, 9.17) is 0 Å². The molecule has 1 unspecified atom stereocenters. The van der Waals surface area contributed by atoms with Gasteiger partial charge in [0.1, 0.15) is 0 Å². The Hall–Kier alpha value is -1.03. The topological polar surface area (TPSA) is 46.2 Å². The first-order valence-electron chi connectivity index (χ1n) is 5.69. The molecule has 1 atom stereocenters. The lowest BCUT2D eigenvalue weighted by Gasteiger charge is -2.31. The Kier molecular flexibility index (Phi) is 2.05. The molecule has 0 amide bonds. The summed E-state index contributed by atoms with van der Waals surface area (Å²) in [6.07, 6.45) is 9.48. The van der Waals surface area contributed by atoms with Crippen LogP contribution in [0.3, 0.4) is 0 Å². The molecule has 0 aromatic carbocycles. The van der Waals surface area contributed by atoms with Crippen LogP contribution in [-0.4, -0.2) is 15.0 Å². The van der Waals surface area contributed by atoms with Gasteiger partial charge in [-0.05, 0) is 19.3 Å². The second kappa shape index (κ2) is 3.23. The molecule has 1 fully saturated rings. The second-order valence-corrected chi connectivity index (χ2v) is 6.53. The van der Waals surface area contributed by atoms with E-state index < -0.39 is 9.84 Å². The van der Waals surface area contributed by atoms with Gasteiger partial charge >= 0.3 is 0 Å². The van der Waals surface area contributed by atoms with Gasteiger partial charge in [-0.2, -0.15) is 0 Å². The van der Waals surface area contributed by atoms with Gasteiger partial charge in [-0.25, -0.2) is 8.42 Å². The number of hydrogen-bond acceptors (Lipinski definition) is 3. The van der Waals surface area contributed by atoms with Crippen molar-refractivity contribution in [2.45, 2.75) is 19.3 Å². The van der Waals surface area contributed by atoms with Gasteiger partial charge in [-0.1, -0.05) is 18.2 Å². The molecule has 3 aliphatic rings. The van der Waals surface area contributed by atoms with Crippen LogP contribution in [0.5, 0.6) is 0 Å². The molecule has 1 N–H and O–H groups in total. The zero-order valence-corrected chi connectivity index (χ0v) is 9.83. The lowest BCUT2D eigenvalue weighted by molar-refractivity contribution is 0.366. The van der Waals surface area contributed by atoms with Crippen molar-refractivity contribution in [3.63, 3.8) is 0 Å². The van der Waals surface area contributed by atoms with Crippen LogP contribution in [0.25, 0.3) is 0 Å². The molecule has 1 saturated heterocycles. The molecule has 3 nitrogen and oxygen atoms in total. The van der Waals surface area contributed by atoms with E-state index in [9.17, 15) is 8.42 Å². The summed E-state index contributed by atoms with van der Waals surface area (Å²) < 4.78 is 22.7. The zero-order chi connectivity index (χ0) is 11.2. The minimum atomic E-state index is -3.09. The maximum absolute atomic E-state index is 11.3. The summed E-state index contributed by atoms with van der Waals surface area (Å²) in [5.74, 6) is 0.448. The van der Waals surface area contributed by atoms with E-state index in [0.717, 1.165) is 19.4 Å². The third-order valence-corrected chi connectivity index (χ3v) is 4.85. The largest absolute Gasteiger partial charge is 0.387 e. The first-order valence-corrected chi connectivity index (χ1v) is 7.30. The predicted molar refractivity (Wildman–Crippen MR) is 63.1 cm³/mol. The SMILES string of the molecule is O=S1(=O)C=CC2(C=C1)CNC1=CCCCC12. The van der Waals surface area contributed by atoms with E-state index in [1.165, 1.54) is 22.9 Å². The molecule has 0 aromatic heterocycles. The molecule has 4 heteroatoms. The summed E-state index contributed by atoms with van der Waals surface area (Å²) in [5.41, 5.74) is 1.21. The van der Waals surface area contributed by atoms with Crippen LogP contribution in [0.1, 0.15) is 19.3 Å². The second-order valence-electron chi connectivity index (χ2n) is 4.80. The maximum atomic E-state index is 11.3. The lowest BCUT2D eigenvalue weighted by Crippen LogP contribution is -2.28. The maximum Gasteiger partial charge on any atom is 0.192 e. The van der Waals surface area contributed by atoms with Gasteiger partial charge in [-0.3, -0.25) is 0 Å². The van der Waals surface area contributed by atoms with Crippen LogP contribution >= 0.6 is 0 Å². The van der Waals surface area contributed by atoms with Crippen molar-refractivity contribution < 1.29 is 8.42 Å². The molecule has 0 aromatic rings. The van der Waals surface area contributed by atoms with Crippen LogP contribution < -0.4 is 5.32 Å². The third-order valence-electron chi connectivity index (χ3n) is 3.82. The molecule has 2 aliphatic heterocycles. The summed E-state index contributed by atoms with van der Waals surface area (Å²) in [7, 11) is -3.09. The molecular weight excluding hydrogens is 222 g/mol. The van der Waals surface area contributed by atoms with Gasteiger partial charge in [0.25, 0.3) is 0 Å². The van der Waals surface area contributed by atoms with E-state index in [1.54, 1.807) is 0 Å². The summed E-state index contributed by atoms with van der Waals surface area (Å²) in [4.78, 5) is 0. The van der Waals surface area contributed by atoms with Crippen molar-refractivity contribution in [1.29, 1.82) is 0 Å². The van der Waals surface area contributed by atoms with E-state index in [2.05, 4.69) is 11.4 Å². The van der Waals surface area contributed by atoms with Gasteiger partial charge in [0.15, 0.2) is 9.84 Å². The van der Waals surface area contributed by atoms with Crippen molar-refractivity contribution in [2.75, 3.05) is 6.54 Å². The molecule has 86 valence electrons. The number of nitrogens with one attached hydrogen (secondary N) is 1. The van der Waals surface area contributed by atoms with Gasteiger partial charge in [0, 0.05) is 34.4 Å². The number of fused-ring (bicyclic) bond motifs is 2. The summed E-state index contributed by atoms with van der Waals surface area (Å²) in [5, 5.41) is 6.12. The molecule has 0 radical (unpaired) electrons. The smallest absolute Gasteiger partial charge is 0.192 e. The Bertz CT molecular complexity index is 479. The van der Waals surface area contributed by atoms with Crippen LogP contribution in [0.15, 0.2) is 34.7 Å². The number of allylic oxidation sites excluding steroid dienone is 2. The van der Waals surface area contributed by atoms with Gasteiger partial charge < -0.3 is 5.32 Å². The average molecular weight is 237 g/mol. The van der Waals surface area contributed by atoms with Crippen LogP contribution in [0.4, 0.5) is 0 Å². The molecule has 3 rings (SSSR count). The van der Waals surface area contributed by atoms with Gasteiger partial charge in [0.2, 0.25) is 0 Å². The van der Waals surface area contributed by atoms with E-state index >= 15 is 0 Å². The molecular formula is C12H15NO2S. The standard InChI is InChI=1S/C12H15NO2S/c14-16(15)7-5-12(6-8-16)9-13-11-4-2-1-3-10(11)12/h4-8,10,13H,1-3,9H2. The van der Waals surface area contributed by atoms with Crippen LogP contribution in [0.2, 0.25) is 0 Å². The van der Waals surface area contributed by atoms with Crippen molar-refractivity contribution in [3.05, 3.63) is 34.7 Å². The third kappa shape index (κ3) is 1.44. The van der Waals surface area contributed by atoms with Crippen LogP contribution in [-0.2, 0) is 9.84 Å². The van der Waals surface area contributed by atoms with Crippen molar-refractivity contribution in [3.8, 4) is 0 Å². The Balaban J connectivity index is 2.00. The van der Waals surface area contributed by atoms with E-state index in [-0.39, 0.29) is 5.41 Å². The van der Waals surface area contributed by atoms with Crippen molar-refractivity contribution in [2.24, 2.45) is 11.3 Å². The van der Waals surface area contributed by atoms with Gasteiger partial charge in [-0.15, -0.1) is 0 Å². The van der Waals surface area contributed by atoms with Crippen molar-refractivity contribution >= 4 is 9.84 Å². The fourth-order valence-corrected chi connectivity index (χ4v) is 3.88. The summed E-state index contributed by atoms with van der Waals surface area (Å²) >= 11 is 0. The minimum absolute atomic E-state index is 0.0996. The molecule has 1 spiro atoms. The first-order chi connectivity index (χ1) is 7.61. The molecule has 0 saturated carbocycles. The summed E-state index contributed by atoms with van der Waals surface area (Å²) in [6, 6.07) is 0. The highest BCUT2D eigenvalue weighted by atomic mass is 32.2. The van der Waals surface area contributed by atoms with Crippen LogP contribution in [0, 0.1) is 11.3 Å². The Morgan fingerprint density at radius 3 is 2.81 bits per heavy atom. The predicted octanol–water partition coefficient (Wildman–Crippen LogP) is 1.72. The summed E-state index contributed by atoms with van der Waals surface area (Å²) in [6.45, 7) is 0.825. The highest BCUT2D eigenvalue weighted by Gasteiger charge is 2.44. The average Bonchev–Trinajstić information content (AvgIpc) is 2.64. The Morgan fingerprint density at radius 1 is 1.31 bits per heavy atom. The fourth-order valence-electron chi connectivity index (χ4n) is 2.90. The molecule has 1 aliphatic carbocycles. The number of rotatable bonds is 0. The highest BCUT2D eigenvalue weighted by Crippen LogP contribution is 2.46. The Labute approximate surface area is 95.8 Å². The Morgan fingerprint density at radius 2 is 2.06 bits per heavy atom. The van der Waals surface area contributed by atoms with E-state index in [1.807, 2.05) is 12.2 Å². The van der Waals surface area contributed by atoms with E-state index in [0.29, 0.717) is 5.92 Å². The quantitative estimate of drug-likeness (QED) is 0.697. The number of hydrogen-bond donors (Lipinski definition) is 1. The molecule has 16 heavy (non-hydrogen) atoms. The fraction of sp³-hybridized carbons (Fsp3) is 0.500. The number of sulfone groups is 1. The first kappa shape index (κ1) is 10.1.